The number of nitrogens with zero attached hydrogens (tertiary/aromatic N) is 2. The molecule has 0 aliphatic heterocycles. The molecule has 0 aromatic carbocycles. The first-order valence-electron chi connectivity index (χ1n) is 4.46. The molecule has 0 amide bonds. The Balaban J connectivity index is 2.69. The quantitative estimate of drug-likeness (QED) is 0.852. The van der Waals surface area contributed by atoms with Gasteiger partial charge in [0.05, 0.1) is 12.3 Å². The highest BCUT2D eigenvalue weighted by Crippen LogP contribution is 2.19. The van der Waals surface area contributed by atoms with Gasteiger partial charge in [-0.15, -0.1) is 0 Å². The fourth-order valence-corrected chi connectivity index (χ4v) is 1.35. The number of aliphatic carboxylic acids is 1. The second-order valence-corrected chi connectivity index (χ2v) is 3.63. The van der Waals surface area contributed by atoms with Crippen LogP contribution in [0.3, 0.4) is 0 Å². The van der Waals surface area contributed by atoms with Crippen LogP contribution in [0, 0.1) is 6.92 Å². The predicted molar refractivity (Wildman–Crippen MR) is 54.8 cm³/mol. The largest absolute Gasteiger partial charge is 0.479 e. The van der Waals surface area contributed by atoms with Crippen LogP contribution < -0.4 is 0 Å². The lowest BCUT2D eigenvalue weighted by Crippen LogP contribution is -2.19. The van der Waals surface area contributed by atoms with Crippen LogP contribution in [-0.2, 0) is 23.2 Å². The highest BCUT2D eigenvalue weighted by atomic mass is 35.5. The molecule has 1 aromatic rings. The Labute approximate surface area is 92.6 Å². The van der Waals surface area contributed by atoms with Crippen molar-refractivity contribution in [3.05, 3.63) is 16.4 Å². The molecule has 0 spiro atoms. The summed E-state index contributed by atoms with van der Waals surface area (Å²) in [6.45, 7) is 3.43. The van der Waals surface area contributed by atoms with Crippen LogP contribution in [-0.4, -0.2) is 27.0 Å². The predicted octanol–water partition coefficient (Wildman–Crippen LogP) is 1.37. The van der Waals surface area contributed by atoms with Crippen molar-refractivity contribution in [3.8, 4) is 0 Å². The van der Waals surface area contributed by atoms with Gasteiger partial charge in [-0.2, -0.15) is 5.10 Å². The van der Waals surface area contributed by atoms with Crippen molar-refractivity contribution in [1.29, 1.82) is 0 Å². The normalized spacial score (nSPS) is 12.8. The molecule has 1 atom stereocenters. The molecular formula is C9H13ClN2O3. The van der Waals surface area contributed by atoms with Crippen molar-refractivity contribution in [1.82, 2.24) is 9.78 Å². The maximum absolute atomic E-state index is 10.5. The summed E-state index contributed by atoms with van der Waals surface area (Å²) >= 11 is 5.95. The van der Waals surface area contributed by atoms with Crippen LogP contribution >= 0.6 is 11.6 Å². The summed E-state index contributed by atoms with van der Waals surface area (Å²) in [5.41, 5.74) is 1.48. The molecular weight excluding hydrogens is 220 g/mol. The SMILES string of the molecule is Cc1nn(C)c(Cl)c1CO[C@@H](C)C(=O)O. The monoisotopic (exact) mass is 232 g/mol. The third-order valence-corrected chi connectivity index (χ3v) is 2.57. The molecule has 5 nitrogen and oxygen atoms in total. The lowest BCUT2D eigenvalue weighted by atomic mass is 10.3. The summed E-state index contributed by atoms with van der Waals surface area (Å²) in [6.07, 6.45) is -0.847. The van der Waals surface area contributed by atoms with Gasteiger partial charge in [0.2, 0.25) is 0 Å². The van der Waals surface area contributed by atoms with Gasteiger partial charge in [0.15, 0.2) is 6.10 Å². The molecule has 15 heavy (non-hydrogen) atoms. The van der Waals surface area contributed by atoms with Crippen LogP contribution in [0.25, 0.3) is 0 Å². The van der Waals surface area contributed by atoms with Gasteiger partial charge in [-0.1, -0.05) is 11.6 Å². The van der Waals surface area contributed by atoms with Gasteiger partial charge in [-0.25, -0.2) is 4.79 Å². The summed E-state index contributed by atoms with van der Waals surface area (Å²) in [5, 5.41) is 13.2. The second kappa shape index (κ2) is 4.63. The summed E-state index contributed by atoms with van der Waals surface area (Å²) in [6, 6.07) is 0. The Morgan fingerprint density at radius 1 is 1.73 bits per heavy atom. The zero-order valence-electron chi connectivity index (χ0n) is 8.82. The van der Waals surface area contributed by atoms with E-state index in [-0.39, 0.29) is 6.61 Å². The maximum Gasteiger partial charge on any atom is 0.332 e. The van der Waals surface area contributed by atoms with E-state index in [2.05, 4.69) is 5.10 Å². The number of hydrogen-bond acceptors (Lipinski definition) is 3. The van der Waals surface area contributed by atoms with Crippen LogP contribution in [0.1, 0.15) is 18.2 Å². The van der Waals surface area contributed by atoms with E-state index in [1.54, 1.807) is 14.0 Å². The third-order valence-electron chi connectivity index (χ3n) is 2.10. The minimum Gasteiger partial charge on any atom is -0.479 e. The topological polar surface area (TPSA) is 64.4 Å². The van der Waals surface area contributed by atoms with Gasteiger partial charge in [-0.05, 0) is 13.8 Å². The van der Waals surface area contributed by atoms with Crippen molar-refractivity contribution in [2.24, 2.45) is 7.05 Å². The summed E-state index contributed by atoms with van der Waals surface area (Å²) in [4.78, 5) is 10.5. The third kappa shape index (κ3) is 2.70. The van der Waals surface area contributed by atoms with Crippen LogP contribution in [0.5, 0.6) is 0 Å². The van der Waals surface area contributed by atoms with Gasteiger partial charge in [0.1, 0.15) is 5.15 Å². The van der Waals surface area contributed by atoms with Gasteiger partial charge >= 0.3 is 5.97 Å². The number of rotatable bonds is 4. The first-order chi connectivity index (χ1) is 6.93. The minimum atomic E-state index is -0.993. The Kier molecular flexibility index (Phi) is 3.71. The van der Waals surface area contributed by atoms with E-state index in [9.17, 15) is 4.79 Å². The summed E-state index contributed by atoms with van der Waals surface area (Å²) in [7, 11) is 1.72. The van der Waals surface area contributed by atoms with Crippen molar-refractivity contribution >= 4 is 17.6 Å². The van der Waals surface area contributed by atoms with Gasteiger partial charge in [-0.3, -0.25) is 4.68 Å². The molecule has 0 unspecified atom stereocenters. The Morgan fingerprint density at radius 3 is 2.73 bits per heavy atom. The van der Waals surface area contributed by atoms with Gasteiger partial charge < -0.3 is 9.84 Å². The molecule has 0 saturated heterocycles. The average molecular weight is 233 g/mol. The van der Waals surface area contributed by atoms with Gasteiger partial charge in [0.25, 0.3) is 0 Å². The molecule has 0 radical (unpaired) electrons. The fraction of sp³-hybridized carbons (Fsp3) is 0.556. The minimum absolute atomic E-state index is 0.159. The molecule has 1 heterocycles. The smallest absolute Gasteiger partial charge is 0.332 e. The number of hydrogen-bond donors (Lipinski definition) is 1. The lowest BCUT2D eigenvalue weighted by molar-refractivity contribution is -0.149. The lowest BCUT2D eigenvalue weighted by Gasteiger charge is -2.07. The number of carboxylic acids is 1. The molecule has 0 aliphatic carbocycles. The number of carbonyl (C=O) groups is 1. The van der Waals surface area contributed by atoms with Crippen LogP contribution in [0.15, 0.2) is 0 Å². The molecule has 6 heteroatoms. The van der Waals surface area contributed by atoms with Crippen molar-refractivity contribution < 1.29 is 14.6 Å². The highest BCUT2D eigenvalue weighted by molar-refractivity contribution is 6.30. The first-order valence-corrected chi connectivity index (χ1v) is 4.83. The number of halogens is 1. The van der Waals surface area contributed by atoms with Crippen molar-refractivity contribution in [2.75, 3.05) is 0 Å². The molecule has 84 valence electrons. The molecule has 1 aromatic heterocycles. The standard InChI is InChI=1S/C9H13ClN2O3/c1-5-7(8(10)12(3)11-5)4-15-6(2)9(13)14/h6H,4H2,1-3H3,(H,13,14)/t6-/m0/s1. The van der Waals surface area contributed by atoms with Crippen LogP contribution in [0.2, 0.25) is 5.15 Å². The van der Waals surface area contributed by atoms with Crippen molar-refractivity contribution in [2.45, 2.75) is 26.6 Å². The molecule has 0 saturated carbocycles. The molecule has 1 N–H and O–H groups in total. The maximum atomic E-state index is 10.5. The molecule has 0 bridgehead atoms. The summed E-state index contributed by atoms with van der Waals surface area (Å²) < 4.78 is 6.66. The zero-order chi connectivity index (χ0) is 11.6. The number of ether oxygens (including phenoxy) is 1. The first kappa shape index (κ1) is 12.0. The summed E-state index contributed by atoms with van der Waals surface area (Å²) in [5.74, 6) is -0.993. The van der Waals surface area contributed by atoms with Crippen molar-refractivity contribution in [3.63, 3.8) is 0 Å². The number of aromatic nitrogens is 2. The molecule has 0 fully saturated rings. The van der Waals surface area contributed by atoms with E-state index in [0.717, 1.165) is 11.3 Å². The van der Waals surface area contributed by atoms with E-state index in [4.69, 9.17) is 21.4 Å². The van der Waals surface area contributed by atoms with Gasteiger partial charge in [0, 0.05) is 12.6 Å². The number of aryl methyl sites for hydroxylation is 2. The number of carboxylic acid groups (broad SMARTS) is 1. The second-order valence-electron chi connectivity index (χ2n) is 3.27. The van der Waals surface area contributed by atoms with E-state index in [1.165, 1.54) is 11.6 Å². The Hall–Kier alpha value is -1.07. The van der Waals surface area contributed by atoms with Crippen LogP contribution in [0.4, 0.5) is 0 Å². The van der Waals surface area contributed by atoms with E-state index < -0.39 is 12.1 Å². The van der Waals surface area contributed by atoms with E-state index in [0.29, 0.717) is 5.15 Å². The average Bonchev–Trinajstić information content (AvgIpc) is 2.38. The molecule has 1 rings (SSSR count). The highest BCUT2D eigenvalue weighted by Gasteiger charge is 2.15. The Bertz CT molecular complexity index is 376. The van der Waals surface area contributed by atoms with E-state index >= 15 is 0 Å². The Morgan fingerprint density at radius 2 is 2.33 bits per heavy atom. The molecule has 0 aliphatic rings. The zero-order valence-corrected chi connectivity index (χ0v) is 9.58. The van der Waals surface area contributed by atoms with E-state index in [1.807, 2.05) is 0 Å². The fourth-order valence-electron chi connectivity index (χ4n) is 1.12.